The summed E-state index contributed by atoms with van der Waals surface area (Å²) in [6, 6.07) is 0. The standard InChI is InChI=1S/C9H17N3O9/c1-8(2)3-4-9(5-19-10(13)14,6-20-11(15)16)7-21-12(17)18/h8H,3-7H2,1-2H3. The van der Waals surface area contributed by atoms with Crippen molar-refractivity contribution in [3.05, 3.63) is 30.3 Å². The van der Waals surface area contributed by atoms with Crippen molar-refractivity contribution in [3.63, 3.8) is 0 Å². The summed E-state index contributed by atoms with van der Waals surface area (Å²) >= 11 is 0. The van der Waals surface area contributed by atoms with Crippen LogP contribution in [0, 0.1) is 41.7 Å². The monoisotopic (exact) mass is 311 g/mol. The molecule has 0 amide bonds. The molecule has 0 rings (SSSR count). The Morgan fingerprint density at radius 2 is 1.19 bits per heavy atom. The molecule has 0 bridgehead atoms. The Kier molecular flexibility index (Phi) is 7.71. The second-order valence-corrected chi connectivity index (χ2v) is 4.92. The molecule has 122 valence electrons. The van der Waals surface area contributed by atoms with Crippen LogP contribution in [-0.2, 0) is 14.5 Å². The minimum absolute atomic E-state index is 0.167. The van der Waals surface area contributed by atoms with E-state index < -0.39 is 40.5 Å². The van der Waals surface area contributed by atoms with Crippen molar-refractivity contribution in [2.75, 3.05) is 19.8 Å². The van der Waals surface area contributed by atoms with E-state index in [0.717, 1.165) is 0 Å². The Bertz CT molecular complexity index is 328. The highest BCUT2D eigenvalue weighted by Gasteiger charge is 2.35. The SMILES string of the molecule is CC(C)CCC(CO[N+](=O)[O-])(CO[N+](=O)[O-])CO[N+](=O)[O-]. The molecule has 0 atom stereocenters. The highest BCUT2D eigenvalue weighted by molar-refractivity contribution is 4.78. The average Bonchev–Trinajstić information content (AvgIpc) is 2.36. The Morgan fingerprint density at radius 1 is 0.857 bits per heavy atom. The fraction of sp³-hybridized carbons (Fsp3) is 1.00. The van der Waals surface area contributed by atoms with Gasteiger partial charge in [0.1, 0.15) is 19.8 Å². The van der Waals surface area contributed by atoms with Crippen LogP contribution in [0.1, 0.15) is 26.7 Å². The highest BCUT2D eigenvalue weighted by Crippen LogP contribution is 2.28. The van der Waals surface area contributed by atoms with Crippen LogP contribution >= 0.6 is 0 Å². The van der Waals surface area contributed by atoms with E-state index in [-0.39, 0.29) is 12.3 Å². The largest absolute Gasteiger partial charge is 0.313 e. The van der Waals surface area contributed by atoms with E-state index >= 15 is 0 Å². The van der Waals surface area contributed by atoms with Crippen LogP contribution in [0.15, 0.2) is 0 Å². The molecule has 0 spiro atoms. The summed E-state index contributed by atoms with van der Waals surface area (Å²) in [5.74, 6) is 0.172. The van der Waals surface area contributed by atoms with Crippen molar-refractivity contribution < 1.29 is 29.8 Å². The van der Waals surface area contributed by atoms with Gasteiger partial charge in [-0.1, -0.05) is 20.3 Å². The molecule has 0 unspecified atom stereocenters. The van der Waals surface area contributed by atoms with Crippen LogP contribution in [0.4, 0.5) is 0 Å². The molecule has 0 saturated carbocycles. The van der Waals surface area contributed by atoms with Crippen molar-refractivity contribution in [1.82, 2.24) is 0 Å². The summed E-state index contributed by atoms with van der Waals surface area (Å²) in [6.07, 6.45) is 0.670. The molecule has 0 aliphatic carbocycles. The van der Waals surface area contributed by atoms with Gasteiger partial charge < -0.3 is 14.5 Å². The summed E-state index contributed by atoms with van der Waals surface area (Å²) in [5, 5.41) is 27.6. The lowest BCUT2D eigenvalue weighted by Crippen LogP contribution is -2.39. The predicted molar refractivity (Wildman–Crippen MR) is 65.3 cm³/mol. The second-order valence-electron chi connectivity index (χ2n) is 4.92. The maximum absolute atomic E-state index is 10.3. The van der Waals surface area contributed by atoms with Crippen molar-refractivity contribution >= 4 is 0 Å². The summed E-state index contributed by atoms with van der Waals surface area (Å²) in [5.41, 5.74) is -1.36. The van der Waals surface area contributed by atoms with Gasteiger partial charge in [-0.3, -0.25) is 0 Å². The molecule has 0 heterocycles. The molecule has 21 heavy (non-hydrogen) atoms. The van der Waals surface area contributed by atoms with E-state index in [4.69, 9.17) is 0 Å². The van der Waals surface area contributed by atoms with Crippen molar-refractivity contribution in [2.24, 2.45) is 11.3 Å². The lowest BCUT2D eigenvalue weighted by atomic mass is 9.83. The normalized spacial score (nSPS) is 11.0. The van der Waals surface area contributed by atoms with Crippen LogP contribution in [0.5, 0.6) is 0 Å². The van der Waals surface area contributed by atoms with Crippen molar-refractivity contribution in [2.45, 2.75) is 26.7 Å². The van der Waals surface area contributed by atoms with Gasteiger partial charge in [0.15, 0.2) is 0 Å². The molecule has 0 aliphatic rings. The van der Waals surface area contributed by atoms with Crippen LogP contribution in [0.2, 0.25) is 0 Å². The van der Waals surface area contributed by atoms with Gasteiger partial charge in [-0.25, -0.2) is 0 Å². The van der Waals surface area contributed by atoms with Crippen LogP contribution in [0.3, 0.4) is 0 Å². The van der Waals surface area contributed by atoms with E-state index in [1.54, 1.807) is 0 Å². The minimum Gasteiger partial charge on any atom is -0.313 e. The third-order valence-corrected chi connectivity index (χ3v) is 2.68. The number of rotatable bonds is 12. The van der Waals surface area contributed by atoms with Gasteiger partial charge in [0.2, 0.25) is 0 Å². The van der Waals surface area contributed by atoms with Crippen LogP contribution in [-0.4, -0.2) is 35.1 Å². The van der Waals surface area contributed by atoms with Gasteiger partial charge in [-0.2, -0.15) is 0 Å². The first-order valence-electron chi connectivity index (χ1n) is 5.99. The van der Waals surface area contributed by atoms with Crippen molar-refractivity contribution in [3.8, 4) is 0 Å². The Morgan fingerprint density at radius 3 is 1.43 bits per heavy atom. The smallest absolute Gasteiger partial charge is 0.294 e. The lowest BCUT2D eigenvalue weighted by molar-refractivity contribution is -0.782. The fourth-order valence-corrected chi connectivity index (χ4v) is 1.51. The van der Waals surface area contributed by atoms with Gasteiger partial charge in [0.25, 0.3) is 15.3 Å². The van der Waals surface area contributed by atoms with E-state index in [1.165, 1.54) is 0 Å². The molecule has 0 aromatic carbocycles. The molecule has 0 aliphatic heterocycles. The Labute approximate surface area is 119 Å². The molecular formula is C9H17N3O9. The third-order valence-electron chi connectivity index (χ3n) is 2.68. The topological polar surface area (TPSA) is 157 Å². The molecule has 12 heteroatoms. The average molecular weight is 311 g/mol. The highest BCUT2D eigenvalue weighted by atomic mass is 17.0. The zero-order chi connectivity index (χ0) is 16.5. The van der Waals surface area contributed by atoms with E-state index in [9.17, 15) is 30.3 Å². The van der Waals surface area contributed by atoms with Gasteiger partial charge >= 0.3 is 0 Å². The molecule has 0 saturated heterocycles. The van der Waals surface area contributed by atoms with Gasteiger partial charge in [-0.15, -0.1) is 30.3 Å². The first kappa shape index (κ1) is 18.6. The van der Waals surface area contributed by atoms with Gasteiger partial charge in [0.05, 0.1) is 0 Å². The fourth-order valence-electron chi connectivity index (χ4n) is 1.51. The molecular weight excluding hydrogens is 294 g/mol. The molecule has 0 radical (unpaired) electrons. The molecule has 0 aromatic heterocycles. The Hall–Kier alpha value is -2.40. The summed E-state index contributed by atoms with van der Waals surface area (Å²) in [7, 11) is 0. The summed E-state index contributed by atoms with van der Waals surface area (Å²) in [4.78, 5) is 43.5. The van der Waals surface area contributed by atoms with E-state index in [1.807, 2.05) is 13.8 Å². The minimum atomic E-state index is -1.36. The third kappa shape index (κ3) is 9.18. The van der Waals surface area contributed by atoms with Gasteiger partial charge in [0, 0.05) is 5.41 Å². The lowest BCUT2D eigenvalue weighted by Gasteiger charge is -2.31. The maximum atomic E-state index is 10.3. The molecule has 0 aromatic rings. The first-order valence-corrected chi connectivity index (χ1v) is 5.99. The van der Waals surface area contributed by atoms with Crippen molar-refractivity contribution in [1.29, 1.82) is 0 Å². The molecule has 0 N–H and O–H groups in total. The number of hydrogen-bond acceptors (Lipinski definition) is 9. The quantitative estimate of drug-likeness (QED) is 0.379. The zero-order valence-electron chi connectivity index (χ0n) is 11.6. The van der Waals surface area contributed by atoms with E-state index in [0.29, 0.717) is 6.42 Å². The second kappa shape index (κ2) is 8.71. The molecule has 0 fully saturated rings. The number of nitrogens with zero attached hydrogens (tertiary/aromatic N) is 3. The van der Waals surface area contributed by atoms with E-state index in [2.05, 4.69) is 14.5 Å². The van der Waals surface area contributed by atoms with Gasteiger partial charge in [-0.05, 0) is 12.3 Å². The van der Waals surface area contributed by atoms with Crippen LogP contribution < -0.4 is 0 Å². The predicted octanol–water partition coefficient (Wildman–Crippen LogP) is 1.03. The first-order chi connectivity index (χ1) is 9.67. The maximum Gasteiger partial charge on any atom is 0.294 e. The molecule has 12 nitrogen and oxygen atoms in total. The Balaban J connectivity index is 4.97. The number of hydrogen-bond donors (Lipinski definition) is 0. The summed E-state index contributed by atoms with van der Waals surface area (Å²) in [6.45, 7) is 1.92. The summed E-state index contributed by atoms with van der Waals surface area (Å²) < 4.78 is 0. The zero-order valence-corrected chi connectivity index (χ0v) is 11.6. The van der Waals surface area contributed by atoms with Crippen LogP contribution in [0.25, 0.3) is 0 Å².